The van der Waals surface area contributed by atoms with E-state index in [9.17, 15) is 4.79 Å². The first-order valence-electron chi connectivity index (χ1n) is 8.87. The van der Waals surface area contributed by atoms with Gasteiger partial charge < -0.3 is 9.64 Å². The number of amides is 1. The molecule has 1 atom stereocenters. The van der Waals surface area contributed by atoms with Crippen LogP contribution in [-0.2, 0) is 11.2 Å². The Bertz CT molecular complexity index is 981. The van der Waals surface area contributed by atoms with Gasteiger partial charge in [-0.25, -0.2) is 4.98 Å². The number of aromatic nitrogens is 1. The summed E-state index contributed by atoms with van der Waals surface area (Å²) < 4.78 is 5.75. The van der Waals surface area contributed by atoms with Crippen molar-refractivity contribution in [3.8, 4) is 17.0 Å². The van der Waals surface area contributed by atoms with E-state index in [-0.39, 0.29) is 5.91 Å². The van der Waals surface area contributed by atoms with Crippen molar-refractivity contribution in [2.45, 2.75) is 19.4 Å². The van der Waals surface area contributed by atoms with Gasteiger partial charge in [-0.05, 0) is 30.7 Å². The predicted octanol–water partition coefficient (Wildman–Crippen LogP) is 4.70. The summed E-state index contributed by atoms with van der Waals surface area (Å²) in [6, 6.07) is 16.2. The van der Waals surface area contributed by atoms with E-state index in [0.29, 0.717) is 12.3 Å². The first-order chi connectivity index (χ1) is 13.2. The Balaban J connectivity index is 1.64. The molecular formula is C22H20N2O2S. The maximum atomic E-state index is 12.5. The normalized spacial score (nSPS) is 16.0. The molecule has 1 unspecified atom stereocenters. The molecule has 0 aliphatic carbocycles. The molecule has 0 N–H and O–H groups in total. The number of ether oxygens (including phenoxy) is 1. The Labute approximate surface area is 162 Å². The standard InChI is InChI=1S/C22H20N2O2S/c1-3-11-24-19-13-17(9-10-20(19)26-15(2)22(24)25)18-14-27-21(23-18)12-16-7-5-4-6-8-16/h3-10,13-15H,1,11-12H2,2H3. The van der Waals surface area contributed by atoms with Gasteiger partial charge in [-0.15, -0.1) is 17.9 Å². The van der Waals surface area contributed by atoms with Crippen molar-refractivity contribution in [3.05, 3.63) is 77.1 Å². The average Bonchev–Trinajstić information content (AvgIpc) is 3.14. The van der Waals surface area contributed by atoms with Crippen LogP contribution in [0.4, 0.5) is 5.69 Å². The van der Waals surface area contributed by atoms with E-state index < -0.39 is 6.10 Å². The second-order valence-electron chi connectivity index (χ2n) is 6.47. The topological polar surface area (TPSA) is 42.4 Å². The Morgan fingerprint density at radius 1 is 1.26 bits per heavy atom. The van der Waals surface area contributed by atoms with Crippen LogP contribution in [0.5, 0.6) is 5.75 Å². The van der Waals surface area contributed by atoms with Crippen LogP contribution in [0.15, 0.2) is 66.6 Å². The molecule has 0 bridgehead atoms. The summed E-state index contributed by atoms with van der Waals surface area (Å²) >= 11 is 1.65. The number of nitrogens with zero attached hydrogens (tertiary/aromatic N) is 2. The van der Waals surface area contributed by atoms with Crippen molar-refractivity contribution in [3.63, 3.8) is 0 Å². The van der Waals surface area contributed by atoms with Crippen molar-refractivity contribution in [1.82, 2.24) is 4.98 Å². The zero-order valence-corrected chi connectivity index (χ0v) is 15.9. The molecule has 0 saturated carbocycles. The van der Waals surface area contributed by atoms with Crippen LogP contribution in [0.25, 0.3) is 11.3 Å². The highest BCUT2D eigenvalue weighted by molar-refractivity contribution is 7.10. The Kier molecular flexibility index (Phi) is 4.77. The molecule has 1 aliphatic heterocycles. The zero-order valence-electron chi connectivity index (χ0n) is 15.1. The van der Waals surface area contributed by atoms with Gasteiger partial charge in [0.2, 0.25) is 0 Å². The van der Waals surface area contributed by atoms with Gasteiger partial charge in [0.25, 0.3) is 5.91 Å². The number of fused-ring (bicyclic) bond motifs is 1. The first kappa shape index (κ1) is 17.5. The highest BCUT2D eigenvalue weighted by atomic mass is 32.1. The lowest BCUT2D eigenvalue weighted by molar-refractivity contribution is -0.125. The van der Waals surface area contributed by atoms with Crippen LogP contribution < -0.4 is 9.64 Å². The molecule has 1 amide bonds. The minimum absolute atomic E-state index is 0.0532. The second kappa shape index (κ2) is 7.37. The van der Waals surface area contributed by atoms with E-state index >= 15 is 0 Å². The summed E-state index contributed by atoms with van der Waals surface area (Å²) in [5, 5.41) is 3.13. The lowest BCUT2D eigenvalue weighted by Gasteiger charge is -2.32. The van der Waals surface area contributed by atoms with Crippen molar-refractivity contribution in [1.29, 1.82) is 0 Å². The molecule has 2 heterocycles. The molecule has 0 radical (unpaired) electrons. The van der Waals surface area contributed by atoms with Crippen LogP contribution in [0, 0.1) is 0 Å². The summed E-state index contributed by atoms with van der Waals surface area (Å²) in [5.74, 6) is 0.662. The van der Waals surface area contributed by atoms with Crippen molar-refractivity contribution in [2.24, 2.45) is 0 Å². The van der Waals surface area contributed by atoms with E-state index in [1.165, 1.54) is 5.56 Å². The van der Waals surface area contributed by atoms with E-state index in [2.05, 4.69) is 24.1 Å². The average molecular weight is 376 g/mol. The number of hydrogen-bond acceptors (Lipinski definition) is 4. The number of carbonyl (C=O) groups is 1. The van der Waals surface area contributed by atoms with E-state index in [1.807, 2.05) is 36.4 Å². The predicted molar refractivity (Wildman–Crippen MR) is 109 cm³/mol. The van der Waals surface area contributed by atoms with Gasteiger partial charge in [0.05, 0.1) is 16.4 Å². The summed E-state index contributed by atoms with van der Waals surface area (Å²) in [6.45, 7) is 5.99. The fourth-order valence-corrected chi connectivity index (χ4v) is 4.02. The van der Waals surface area contributed by atoms with Crippen LogP contribution in [0.3, 0.4) is 0 Å². The van der Waals surface area contributed by atoms with E-state index in [1.54, 1.807) is 29.2 Å². The van der Waals surface area contributed by atoms with Gasteiger partial charge in [-0.2, -0.15) is 0 Å². The van der Waals surface area contributed by atoms with E-state index in [0.717, 1.165) is 28.4 Å². The Morgan fingerprint density at radius 3 is 2.85 bits per heavy atom. The Morgan fingerprint density at radius 2 is 2.07 bits per heavy atom. The largest absolute Gasteiger partial charge is 0.479 e. The van der Waals surface area contributed by atoms with Gasteiger partial charge in [-0.3, -0.25) is 4.79 Å². The van der Waals surface area contributed by atoms with Gasteiger partial charge in [-0.1, -0.05) is 36.4 Å². The molecule has 5 heteroatoms. The highest BCUT2D eigenvalue weighted by Gasteiger charge is 2.31. The number of carbonyl (C=O) groups excluding carboxylic acids is 1. The number of anilines is 1. The summed E-state index contributed by atoms with van der Waals surface area (Å²) in [7, 11) is 0. The molecule has 0 spiro atoms. The molecule has 27 heavy (non-hydrogen) atoms. The quantitative estimate of drug-likeness (QED) is 0.606. The summed E-state index contributed by atoms with van der Waals surface area (Å²) in [5.41, 5.74) is 3.91. The third-order valence-electron chi connectivity index (χ3n) is 4.52. The molecular weight excluding hydrogens is 356 g/mol. The maximum absolute atomic E-state index is 12.5. The lowest BCUT2D eigenvalue weighted by Crippen LogP contribution is -2.44. The van der Waals surface area contributed by atoms with Crippen LogP contribution in [0.1, 0.15) is 17.5 Å². The first-order valence-corrected chi connectivity index (χ1v) is 9.75. The number of thiazole rings is 1. The number of rotatable bonds is 5. The minimum Gasteiger partial charge on any atom is -0.479 e. The molecule has 0 fully saturated rings. The third kappa shape index (κ3) is 3.51. The van der Waals surface area contributed by atoms with Gasteiger partial charge >= 0.3 is 0 Å². The van der Waals surface area contributed by atoms with Crippen molar-refractivity contribution < 1.29 is 9.53 Å². The molecule has 0 saturated heterocycles. The Hall–Kier alpha value is -2.92. The highest BCUT2D eigenvalue weighted by Crippen LogP contribution is 2.37. The smallest absolute Gasteiger partial charge is 0.268 e. The van der Waals surface area contributed by atoms with Gasteiger partial charge in [0, 0.05) is 23.9 Å². The molecule has 1 aliphatic rings. The fourth-order valence-electron chi connectivity index (χ4n) is 3.18. The third-order valence-corrected chi connectivity index (χ3v) is 5.37. The lowest BCUT2D eigenvalue weighted by atomic mass is 10.1. The molecule has 2 aromatic carbocycles. The molecule has 4 nitrogen and oxygen atoms in total. The zero-order chi connectivity index (χ0) is 18.8. The number of hydrogen-bond donors (Lipinski definition) is 0. The molecule has 1 aromatic heterocycles. The minimum atomic E-state index is -0.486. The van der Waals surface area contributed by atoms with E-state index in [4.69, 9.17) is 9.72 Å². The van der Waals surface area contributed by atoms with Crippen LogP contribution in [0.2, 0.25) is 0 Å². The molecule has 4 rings (SSSR count). The monoisotopic (exact) mass is 376 g/mol. The van der Waals surface area contributed by atoms with Gasteiger partial charge in [0.15, 0.2) is 6.10 Å². The molecule has 136 valence electrons. The maximum Gasteiger partial charge on any atom is 0.268 e. The fraction of sp³-hybridized carbons (Fsp3) is 0.182. The van der Waals surface area contributed by atoms with Crippen molar-refractivity contribution >= 4 is 22.9 Å². The van der Waals surface area contributed by atoms with Gasteiger partial charge in [0.1, 0.15) is 5.75 Å². The SMILES string of the molecule is C=CCN1C(=O)C(C)Oc2ccc(-c3csc(Cc4ccccc4)n3)cc21. The van der Waals surface area contributed by atoms with Crippen LogP contribution in [-0.4, -0.2) is 23.5 Å². The van der Waals surface area contributed by atoms with Crippen LogP contribution >= 0.6 is 11.3 Å². The summed E-state index contributed by atoms with van der Waals surface area (Å²) in [6.07, 6.45) is 2.06. The molecule has 3 aromatic rings. The second-order valence-corrected chi connectivity index (χ2v) is 7.41. The number of benzene rings is 2. The summed E-state index contributed by atoms with van der Waals surface area (Å²) in [4.78, 5) is 19.0. The van der Waals surface area contributed by atoms with Crippen molar-refractivity contribution in [2.75, 3.05) is 11.4 Å².